The third-order valence-electron chi connectivity index (χ3n) is 15.6. The maximum Gasteiger partial charge on any atom is 0.472 e. The predicted octanol–water partition coefficient (Wildman–Crippen LogP) is 18.9. The van der Waals surface area contributed by atoms with E-state index in [9.17, 15) is 43.2 Å². The topological polar surface area (TPSA) is 237 Å². The van der Waals surface area contributed by atoms with Crippen molar-refractivity contribution in [3.8, 4) is 0 Å². The van der Waals surface area contributed by atoms with Crippen molar-refractivity contribution in [1.82, 2.24) is 0 Å². The first kappa shape index (κ1) is 85.1. The molecular formula is C68H132O17P2. The standard InChI is InChI=1S/C68H132O17P2/c1-58(2)44-36-28-20-15-11-9-13-17-23-32-40-48-65(70)78-54-63(84-67(72)50-42-34-24-18-14-10-12-16-21-29-37-45-59(3)4)56-82-86(74,75)80-52-62(69)53-81-87(76,77)83-57-64(55-79-66(71)49-41-33-27-26-31-39-47-61(7)8)85-68(73)51-43-35-25-19-22-30-38-46-60(5)6/h58-64,69H,9-57H2,1-8H3,(H,74,75)(H,76,77)/t62-,63-,64-/m1/s1. The van der Waals surface area contributed by atoms with E-state index in [1.807, 2.05) is 0 Å². The van der Waals surface area contributed by atoms with E-state index >= 15 is 0 Å². The fourth-order valence-corrected chi connectivity index (χ4v) is 11.7. The number of rotatable bonds is 65. The van der Waals surface area contributed by atoms with E-state index in [0.29, 0.717) is 37.5 Å². The number of aliphatic hydroxyl groups is 1. The van der Waals surface area contributed by atoms with Gasteiger partial charge in [0.25, 0.3) is 0 Å². The quantitative estimate of drug-likeness (QED) is 0.0222. The molecule has 87 heavy (non-hydrogen) atoms. The Morgan fingerprint density at radius 1 is 0.287 bits per heavy atom. The first-order valence-corrected chi connectivity index (χ1v) is 38.2. The average Bonchev–Trinajstić information content (AvgIpc) is 3.60. The number of phosphoric acid groups is 2. The second-order valence-electron chi connectivity index (χ2n) is 26.5. The third-order valence-corrected chi connectivity index (χ3v) is 17.5. The normalized spacial score (nSPS) is 14.3. The molecule has 0 bridgehead atoms. The zero-order chi connectivity index (χ0) is 64.7. The van der Waals surface area contributed by atoms with Crippen LogP contribution in [0.2, 0.25) is 0 Å². The Kier molecular flexibility index (Phi) is 56.6. The lowest BCUT2D eigenvalue weighted by Gasteiger charge is -2.21. The fourth-order valence-electron chi connectivity index (χ4n) is 10.1. The summed E-state index contributed by atoms with van der Waals surface area (Å²) in [7, 11) is -9.90. The van der Waals surface area contributed by atoms with Gasteiger partial charge in [0.05, 0.1) is 26.4 Å². The molecular weight excluding hydrogens is 1150 g/mol. The van der Waals surface area contributed by atoms with Crippen LogP contribution < -0.4 is 0 Å². The molecule has 0 aliphatic heterocycles. The molecule has 0 spiro atoms. The van der Waals surface area contributed by atoms with Gasteiger partial charge in [-0.05, 0) is 49.4 Å². The molecule has 0 radical (unpaired) electrons. The molecule has 0 heterocycles. The van der Waals surface area contributed by atoms with Crippen LogP contribution in [0, 0.1) is 23.7 Å². The summed E-state index contributed by atoms with van der Waals surface area (Å²) in [5.41, 5.74) is 0. The number of carbonyl (C=O) groups is 4. The Hall–Kier alpha value is -1.94. The molecule has 0 fully saturated rings. The molecule has 0 saturated carbocycles. The van der Waals surface area contributed by atoms with Crippen molar-refractivity contribution in [2.24, 2.45) is 23.7 Å². The molecule has 5 atom stereocenters. The van der Waals surface area contributed by atoms with Crippen LogP contribution in [-0.2, 0) is 65.4 Å². The Balaban J connectivity index is 5.24. The predicted molar refractivity (Wildman–Crippen MR) is 349 cm³/mol. The van der Waals surface area contributed by atoms with E-state index in [-0.39, 0.29) is 25.7 Å². The molecule has 3 N–H and O–H groups in total. The van der Waals surface area contributed by atoms with Gasteiger partial charge in [-0.1, -0.05) is 280 Å². The Bertz CT molecular complexity index is 1730. The molecule has 0 aliphatic rings. The maximum atomic E-state index is 13.0. The first-order valence-electron chi connectivity index (χ1n) is 35.2. The molecule has 0 saturated heterocycles. The van der Waals surface area contributed by atoms with E-state index in [1.54, 1.807) is 0 Å². The lowest BCUT2D eigenvalue weighted by Crippen LogP contribution is -2.30. The van der Waals surface area contributed by atoms with Gasteiger partial charge >= 0.3 is 39.5 Å². The summed E-state index contributed by atoms with van der Waals surface area (Å²) in [5, 5.41) is 10.6. The highest BCUT2D eigenvalue weighted by atomic mass is 31.2. The van der Waals surface area contributed by atoms with Crippen molar-refractivity contribution >= 4 is 39.5 Å². The van der Waals surface area contributed by atoms with Crippen LogP contribution in [-0.4, -0.2) is 96.7 Å². The molecule has 17 nitrogen and oxygen atoms in total. The Morgan fingerprint density at radius 3 is 0.713 bits per heavy atom. The van der Waals surface area contributed by atoms with Gasteiger partial charge < -0.3 is 33.8 Å². The smallest absolute Gasteiger partial charge is 0.462 e. The Labute approximate surface area is 530 Å². The summed E-state index contributed by atoms with van der Waals surface area (Å²) in [4.78, 5) is 72.4. The van der Waals surface area contributed by atoms with Crippen LogP contribution in [0.3, 0.4) is 0 Å². The van der Waals surface area contributed by atoms with Crippen LogP contribution in [0.4, 0.5) is 0 Å². The molecule has 516 valence electrons. The highest BCUT2D eigenvalue weighted by molar-refractivity contribution is 7.47. The molecule has 0 aliphatic carbocycles. The molecule has 0 aromatic carbocycles. The third kappa shape index (κ3) is 62.6. The van der Waals surface area contributed by atoms with Crippen LogP contribution in [0.25, 0.3) is 0 Å². The lowest BCUT2D eigenvalue weighted by molar-refractivity contribution is -0.161. The highest BCUT2D eigenvalue weighted by Crippen LogP contribution is 2.45. The van der Waals surface area contributed by atoms with Gasteiger partial charge in [0, 0.05) is 25.7 Å². The van der Waals surface area contributed by atoms with Crippen LogP contribution in [0.15, 0.2) is 0 Å². The summed E-state index contributed by atoms with van der Waals surface area (Å²) in [6.45, 7) is 14.0. The number of carbonyl (C=O) groups excluding carboxylic acids is 4. The van der Waals surface area contributed by atoms with Crippen LogP contribution in [0.5, 0.6) is 0 Å². The summed E-state index contributed by atoms with van der Waals surface area (Å²) in [6, 6.07) is 0. The van der Waals surface area contributed by atoms with Crippen LogP contribution >= 0.6 is 15.6 Å². The molecule has 0 rings (SSSR count). The second-order valence-corrected chi connectivity index (χ2v) is 29.4. The van der Waals surface area contributed by atoms with Gasteiger partial charge in [-0.3, -0.25) is 37.3 Å². The van der Waals surface area contributed by atoms with Gasteiger partial charge in [-0.25, -0.2) is 9.13 Å². The second kappa shape index (κ2) is 57.9. The van der Waals surface area contributed by atoms with Crippen molar-refractivity contribution in [3.05, 3.63) is 0 Å². The van der Waals surface area contributed by atoms with Gasteiger partial charge in [0.15, 0.2) is 12.2 Å². The van der Waals surface area contributed by atoms with Crippen molar-refractivity contribution in [3.63, 3.8) is 0 Å². The van der Waals surface area contributed by atoms with E-state index < -0.39 is 97.5 Å². The average molecular weight is 1280 g/mol. The number of esters is 4. The molecule has 2 unspecified atom stereocenters. The van der Waals surface area contributed by atoms with Crippen molar-refractivity contribution in [2.45, 2.75) is 350 Å². The van der Waals surface area contributed by atoms with E-state index in [2.05, 4.69) is 55.4 Å². The SMILES string of the molecule is CC(C)CCCCCCCCCCCCCC(=O)OC[C@H](COP(=O)(O)OC[C@@H](O)COP(=O)(O)OC[C@@H](COC(=O)CCCCCCCCC(C)C)OC(=O)CCCCCCCCCC(C)C)OC(=O)CCCCCCCCCCCCCC(C)C. The number of phosphoric ester groups is 2. The minimum Gasteiger partial charge on any atom is -0.462 e. The number of aliphatic hydroxyl groups excluding tert-OH is 1. The summed E-state index contributed by atoms with van der Waals surface area (Å²) < 4.78 is 68.1. The van der Waals surface area contributed by atoms with E-state index in [1.165, 1.54) is 128 Å². The zero-order valence-corrected chi connectivity index (χ0v) is 58.4. The van der Waals surface area contributed by atoms with Gasteiger partial charge in [-0.15, -0.1) is 0 Å². The molecule has 0 amide bonds. The van der Waals surface area contributed by atoms with Crippen molar-refractivity contribution in [2.75, 3.05) is 39.6 Å². The van der Waals surface area contributed by atoms with Crippen molar-refractivity contribution in [1.29, 1.82) is 0 Å². The molecule has 0 aromatic heterocycles. The zero-order valence-electron chi connectivity index (χ0n) is 56.6. The lowest BCUT2D eigenvalue weighted by atomic mass is 10.0. The number of unbranched alkanes of at least 4 members (excludes halogenated alkanes) is 31. The monoisotopic (exact) mass is 1280 g/mol. The van der Waals surface area contributed by atoms with Crippen molar-refractivity contribution < 1.29 is 80.2 Å². The van der Waals surface area contributed by atoms with Gasteiger partial charge in [0.2, 0.25) is 0 Å². The first-order chi connectivity index (χ1) is 41.6. The van der Waals surface area contributed by atoms with Gasteiger partial charge in [0.1, 0.15) is 19.3 Å². The highest BCUT2D eigenvalue weighted by Gasteiger charge is 2.30. The number of hydrogen-bond donors (Lipinski definition) is 3. The minimum absolute atomic E-state index is 0.102. The van der Waals surface area contributed by atoms with E-state index in [4.69, 9.17) is 37.0 Å². The van der Waals surface area contributed by atoms with E-state index in [0.717, 1.165) is 108 Å². The minimum atomic E-state index is -4.95. The summed E-state index contributed by atoms with van der Waals surface area (Å²) >= 11 is 0. The summed E-state index contributed by atoms with van der Waals surface area (Å²) in [6.07, 6.45) is 39.2. The largest absolute Gasteiger partial charge is 0.472 e. The fraction of sp³-hybridized carbons (Fsp3) is 0.941. The molecule has 0 aromatic rings. The van der Waals surface area contributed by atoms with Gasteiger partial charge in [-0.2, -0.15) is 0 Å². The number of ether oxygens (including phenoxy) is 4. The molecule has 19 heteroatoms. The van der Waals surface area contributed by atoms with Crippen LogP contribution in [0.1, 0.15) is 331 Å². The number of hydrogen-bond acceptors (Lipinski definition) is 15. The summed E-state index contributed by atoms with van der Waals surface area (Å²) in [5.74, 6) is 0.776. The Morgan fingerprint density at radius 2 is 0.483 bits per heavy atom. The maximum absolute atomic E-state index is 13.0.